The van der Waals surface area contributed by atoms with Crippen LogP contribution < -0.4 is 5.32 Å². The Balaban J connectivity index is 1.78. The third kappa shape index (κ3) is 3.08. The van der Waals surface area contributed by atoms with Gasteiger partial charge in [0.05, 0.1) is 6.04 Å². The van der Waals surface area contributed by atoms with Crippen molar-refractivity contribution in [3.8, 4) is 11.5 Å². The zero-order valence-corrected chi connectivity index (χ0v) is 11.7. The van der Waals surface area contributed by atoms with Crippen molar-refractivity contribution in [2.75, 3.05) is 5.32 Å². The van der Waals surface area contributed by atoms with Crippen LogP contribution in [0.3, 0.4) is 0 Å². The van der Waals surface area contributed by atoms with Gasteiger partial charge in [-0.3, -0.25) is 4.98 Å². The number of pyridine rings is 1. The van der Waals surface area contributed by atoms with Crippen LogP contribution >= 0.6 is 0 Å². The highest BCUT2D eigenvalue weighted by atomic mass is 16.5. The lowest BCUT2D eigenvalue weighted by atomic mass is 10.1. The second-order valence-corrected chi connectivity index (χ2v) is 4.67. The molecule has 21 heavy (non-hydrogen) atoms. The number of aromatic nitrogens is 3. The van der Waals surface area contributed by atoms with E-state index in [1.807, 2.05) is 42.5 Å². The molecule has 0 aliphatic carbocycles. The summed E-state index contributed by atoms with van der Waals surface area (Å²) in [6.07, 6.45) is 4.48. The molecule has 0 aliphatic rings. The highest BCUT2D eigenvalue weighted by Gasteiger charge is 2.13. The van der Waals surface area contributed by atoms with Gasteiger partial charge in [0, 0.05) is 18.0 Å². The van der Waals surface area contributed by atoms with Crippen LogP contribution in [0.15, 0.2) is 59.4 Å². The van der Waals surface area contributed by atoms with E-state index in [0.717, 1.165) is 17.5 Å². The fourth-order valence-corrected chi connectivity index (χ4v) is 2.15. The third-order valence-corrected chi connectivity index (χ3v) is 3.27. The van der Waals surface area contributed by atoms with Crippen molar-refractivity contribution in [3.05, 3.63) is 60.4 Å². The Morgan fingerprint density at radius 3 is 2.57 bits per heavy atom. The van der Waals surface area contributed by atoms with E-state index >= 15 is 0 Å². The molecule has 3 aromatic rings. The van der Waals surface area contributed by atoms with E-state index in [1.54, 1.807) is 12.4 Å². The van der Waals surface area contributed by atoms with Gasteiger partial charge >= 0.3 is 0 Å². The van der Waals surface area contributed by atoms with Crippen LogP contribution in [0.4, 0.5) is 5.95 Å². The molecule has 1 aromatic carbocycles. The van der Waals surface area contributed by atoms with Gasteiger partial charge in [-0.25, -0.2) is 0 Å². The maximum Gasteiger partial charge on any atom is 0.264 e. The highest BCUT2D eigenvalue weighted by molar-refractivity contribution is 5.53. The molecule has 1 unspecified atom stereocenters. The van der Waals surface area contributed by atoms with Crippen molar-refractivity contribution in [3.63, 3.8) is 0 Å². The first-order valence-corrected chi connectivity index (χ1v) is 6.92. The topological polar surface area (TPSA) is 63.8 Å². The number of anilines is 1. The van der Waals surface area contributed by atoms with Crippen LogP contribution in [0.25, 0.3) is 11.5 Å². The Bertz CT molecular complexity index is 682. The molecule has 0 aliphatic heterocycles. The molecule has 3 rings (SSSR count). The standard InChI is InChI=1S/C16H16N4O/c1-2-14(12-8-10-17-11-9-12)18-16-19-15(21-20-16)13-6-4-3-5-7-13/h3-11,14H,2H2,1H3,(H,18,20). The van der Waals surface area contributed by atoms with Gasteiger partial charge in [0.25, 0.3) is 11.8 Å². The van der Waals surface area contributed by atoms with E-state index in [9.17, 15) is 0 Å². The Hall–Kier alpha value is -2.69. The Labute approximate surface area is 123 Å². The summed E-state index contributed by atoms with van der Waals surface area (Å²) in [6.45, 7) is 2.11. The Kier molecular flexibility index (Phi) is 3.91. The van der Waals surface area contributed by atoms with Gasteiger partial charge < -0.3 is 9.84 Å². The van der Waals surface area contributed by atoms with Crippen molar-refractivity contribution < 1.29 is 4.52 Å². The number of nitrogens with one attached hydrogen (secondary N) is 1. The molecule has 0 spiro atoms. The summed E-state index contributed by atoms with van der Waals surface area (Å²) in [4.78, 5) is 8.42. The van der Waals surface area contributed by atoms with Crippen LogP contribution in [-0.2, 0) is 0 Å². The predicted octanol–water partition coefficient (Wildman–Crippen LogP) is 3.69. The largest absolute Gasteiger partial charge is 0.345 e. The monoisotopic (exact) mass is 280 g/mol. The van der Waals surface area contributed by atoms with Crippen LogP contribution in [0.2, 0.25) is 0 Å². The maximum absolute atomic E-state index is 5.30. The minimum atomic E-state index is 0.134. The van der Waals surface area contributed by atoms with Gasteiger partial charge in [0.2, 0.25) is 0 Å². The van der Waals surface area contributed by atoms with Gasteiger partial charge in [-0.1, -0.05) is 25.1 Å². The first-order valence-electron chi connectivity index (χ1n) is 6.92. The number of benzene rings is 1. The fourth-order valence-electron chi connectivity index (χ4n) is 2.15. The minimum absolute atomic E-state index is 0.134. The second kappa shape index (κ2) is 6.17. The van der Waals surface area contributed by atoms with Crippen molar-refractivity contribution >= 4 is 5.95 Å². The first-order chi connectivity index (χ1) is 10.4. The molecule has 5 nitrogen and oxygen atoms in total. The van der Waals surface area contributed by atoms with Gasteiger partial charge in [0.15, 0.2) is 0 Å². The van der Waals surface area contributed by atoms with E-state index in [1.165, 1.54) is 0 Å². The predicted molar refractivity (Wildman–Crippen MR) is 80.6 cm³/mol. The van der Waals surface area contributed by atoms with Gasteiger partial charge in [0.1, 0.15) is 0 Å². The Morgan fingerprint density at radius 2 is 1.86 bits per heavy atom. The molecule has 0 saturated heterocycles. The van der Waals surface area contributed by atoms with Gasteiger partial charge in [-0.05, 0) is 41.4 Å². The molecule has 0 bridgehead atoms. The fraction of sp³-hybridized carbons (Fsp3) is 0.188. The van der Waals surface area contributed by atoms with Crippen molar-refractivity contribution in [1.29, 1.82) is 0 Å². The van der Waals surface area contributed by atoms with E-state index in [-0.39, 0.29) is 6.04 Å². The average Bonchev–Trinajstić information content (AvgIpc) is 3.03. The molecule has 0 amide bonds. The third-order valence-electron chi connectivity index (χ3n) is 3.27. The van der Waals surface area contributed by atoms with E-state index in [0.29, 0.717) is 11.8 Å². The van der Waals surface area contributed by atoms with E-state index in [2.05, 4.69) is 27.4 Å². The molecule has 2 heterocycles. The summed E-state index contributed by atoms with van der Waals surface area (Å²) in [5, 5.41) is 7.28. The van der Waals surface area contributed by atoms with E-state index in [4.69, 9.17) is 4.52 Å². The summed E-state index contributed by atoms with van der Waals surface area (Å²) in [7, 11) is 0. The van der Waals surface area contributed by atoms with Crippen LogP contribution in [0.1, 0.15) is 24.9 Å². The highest BCUT2D eigenvalue weighted by Crippen LogP contribution is 2.23. The zero-order valence-electron chi connectivity index (χ0n) is 11.7. The molecule has 0 saturated carbocycles. The molecule has 0 radical (unpaired) electrons. The van der Waals surface area contributed by atoms with Gasteiger partial charge in [-0.15, -0.1) is 0 Å². The summed E-state index contributed by atoms with van der Waals surface area (Å²) >= 11 is 0. The molecular weight excluding hydrogens is 264 g/mol. The van der Waals surface area contributed by atoms with Crippen molar-refractivity contribution in [2.24, 2.45) is 0 Å². The Morgan fingerprint density at radius 1 is 1.10 bits per heavy atom. The quantitative estimate of drug-likeness (QED) is 0.772. The van der Waals surface area contributed by atoms with E-state index < -0.39 is 0 Å². The summed E-state index contributed by atoms with van der Waals surface area (Å²) in [5.41, 5.74) is 2.06. The number of hydrogen-bond donors (Lipinski definition) is 1. The second-order valence-electron chi connectivity index (χ2n) is 4.67. The SMILES string of the molecule is CCC(Nc1noc(-c2ccccc2)n1)c1ccncc1. The van der Waals surface area contributed by atoms with Crippen LogP contribution in [0.5, 0.6) is 0 Å². The molecule has 2 aromatic heterocycles. The molecule has 0 fully saturated rings. The molecule has 106 valence electrons. The van der Waals surface area contributed by atoms with Gasteiger partial charge in [-0.2, -0.15) is 4.98 Å². The minimum Gasteiger partial charge on any atom is -0.345 e. The first kappa shape index (κ1) is 13.3. The maximum atomic E-state index is 5.30. The number of hydrogen-bond acceptors (Lipinski definition) is 5. The molecule has 1 atom stereocenters. The lowest BCUT2D eigenvalue weighted by molar-refractivity contribution is 0.431. The smallest absolute Gasteiger partial charge is 0.264 e. The lowest BCUT2D eigenvalue weighted by Crippen LogP contribution is -2.10. The zero-order chi connectivity index (χ0) is 14.5. The molecule has 1 N–H and O–H groups in total. The van der Waals surface area contributed by atoms with Crippen molar-refractivity contribution in [2.45, 2.75) is 19.4 Å². The van der Waals surface area contributed by atoms with Crippen LogP contribution in [0, 0.1) is 0 Å². The summed E-state index contributed by atoms with van der Waals surface area (Å²) < 4.78 is 5.30. The summed E-state index contributed by atoms with van der Waals surface area (Å²) in [5.74, 6) is 1.01. The number of rotatable bonds is 5. The number of nitrogens with zero attached hydrogens (tertiary/aromatic N) is 3. The average molecular weight is 280 g/mol. The molecular formula is C16H16N4O. The van der Waals surface area contributed by atoms with Crippen LogP contribution in [-0.4, -0.2) is 15.1 Å². The van der Waals surface area contributed by atoms with Crippen molar-refractivity contribution in [1.82, 2.24) is 15.1 Å². The molecule has 5 heteroatoms. The summed E-state index contributed by atoms with van der Waals surface area (Å²) in [6, 6.07) is 13.8. The normalized spacial score (nSPS) is 12.0. The lowest BCUT2D eigenvalue weighted by Gasteiger charge is -2.15.